The third kappa shape index (κ3) is 39.4. The van der Waals surface area contributed by atoms with Crippen LogP contribution in [0.1, 0.15) is 75.7 Å². The monoisotopic (exact) mass is 567 g/mol. The molecule has 1 atom stereocenters. The molecule has 0 radical (unpaired) electrons. The maximum Gasteiger partial charge on any atom is 1.00 e. The molecule has 0 aliphatic heterocycles. The fourth-order valence-corrected chi connectivity index (χ4v) is 2.41. The van der Waals surface area contributed by atoms with Crippen LogP contribution in [0.2, 0.25) is 0 Å². The molecule has 0 bridgehead atoms. The van der Waals surface area contributed by atoms with E-state index in [1.54, 1.807) is 6.92 Å². The molecule has 0 saturated heterocycles. The fraction of sp³-hybridized carbons (Fsp3) is 0.542. The Morgan fingerprint density at radius 2 is 1.43 bits per heavy atom. The summed E-state index contributed by atoms with van der Waals surface area (Å²) in [6.45, 7) is 3.73. The van der Waals surface area contributed by atoms with Crippen LogP contribution in [0.15, 0.2) is 0 Å². The molecular weight excluding hydrogens is 523 g/mol. The van der Waals surface area contributed by atoms with Crippen LogP contribution < -0.4 is 74.6 Å². The minimum Gasteiger partial charge on any atom is -0.790 e. The minimum absolute atomic E-state index is 0. The van der Waals surface area contributed by atoms with Crippen molar-refractivity contribution in [2.24, 2.45) is 5.73 Å². The summed E-state index contributed by atoms with van der Waals surface area (Å²) < 4.78 is 24.7. The van der Waals surface area contributed by atoms with Crippen molar-refractivity contribution in [3.63, 3.8) is 0 Å². The first-order chi connectivity index (χ1) is 16.5. The molecule has 1 amide bonds. The molecule has 0 spiro atoms. The van der Waals surface area contributed by atoms with Gasteiger partial charge in [-0.25, -0.2) is 4.79 Å². The molecule has 0 saturated carbocycles. The topological polar surface area (TPSA) is 168 Å². The molecule has 0 aliphatic carbocycles. The zero-order valence-corrected chi connectivity index (χ0v) is 27.0. The molecule has 2 N–H and O–H groups in total. The minimum atomic E-state index is -5.28. The molecule has 0 aromatic rings. The Bertz CT molecular complexity index is 991. The van der Waals surface area contributed by atoms with Gasteiger partial charge in [-0.15, -0.1) is 0 Å². The Labute approximate surface area is 274 Å². The van der Waals surface area contributed by atoms with Crippen LogP contribution in [0, 0.1) is 47.4 Å². The first-order valence-electron chi connectivity index (χ1n) is 10.7. The van der Waals surface area contributed by atoms with Crippen molar-refractivity contribution in [3.05, 3.63) is 0 Å². The van der Waals surface area contributed by atoms with Gasteiger partial charge in [-0.1, -0.05) is 44.9 Å². The van der Waals surface area contributed by atoms with E-state index in [9.17, 15) is 28.7 Å². The van der Waals surface area contributed by atoms with Crippen molar-refractivity contribution in [1.29, 1.82) is 0 Å². The predicted molar refractivity (Wildman–Crippen MR) is 139 cm³/mol. The summed E-state index contributed by atoms with van der Waals surface area (Å²) in [6, 6.07) is 0. The molecule has 0 aromatic carbocycles. The van der Waals surface area contributed by atoms with Gasteiger partial charge in [-0.2, -0.15) is 0 Å². The first kappa shape index (κ1) is 42.8. The number of carbonyl (C=O) groups excluding carboxylic acids is 3. The normalized spacial score (nSPS) is 9.43. The van der Waals surface area contributed by atoms with Crippen LogP contribution in [0.4, 0.5) is 0 Å². The van der Waals surface area contributed by atoms with Gasteiger partial charge in [0.25, 0.3) is 0 Å². The molecule has 0 heterocycles. The van der Waals surface area contributed by atoms with Crippen molar-refractivity contribution in [3.8, 4) is 47.4 Å². The molecule has 0 unspecified atom stereocenters. The molecule has 37 heavy (non-hydrogen) atoms. The van der Waals surface area contributed by atoms with Crippen molar-refractivity contribution in [2.45, 2.75) is 71.8 Å². The third-order valence-corrected chi connectivity index (χ3v) is 3.92. The smallest absolute Gasteiger partial charge is 0.790 e. The van der Waals surface area contributed by atoms with Crippen molar-refractivity contribution < 1.29 is 112 Å². The van der Waals surface area contributed by atoms with Crippen molar-refractivity contribution in [2.75, 3.05) is 13.2 Å². The van der Waals surface area contributed by atoms with Gasteiger partial charge >= 0.3 is 71.1 Å². The average Bonchev–Trinajstić information content (AvgIpc) is 2.76. The average molecular weight is 568 g/mol. The molecule has 206 valence electrons. The standard InChI is InChI=1S/C22H27O8P.C2H5NO.2Na.7H2/c1-3-5-7-9-11-13-14-16-21(23)28-18-20(19-29-31(25,26)27)30-22(24)17-15-12-10-8-6-4-2;1-2(3)4;;;;;;;;;/h20H,4,6,8,10,12,15,17-19H2,1-2H3,(H2,25,26,27);1H3,(H2,3,4);;;7*1H/q;;2*+1;;;;;;;/p-2/t20-;;;;;;;;;;/m1........../s1. The number of primary amides is 1. The number of ether oxygens (including phenoxy) is 2. The van der Waals surface area contributed by atoms with E-state index < -0.39 is 39.1 Å². The van der Waals surface area contributed by atoms with Crippen molar-refractivity contribution >= 4 is 25.7 Å². The Kier molecular flexibility index (Phi) is 33.9. The quantitative estimate of drug-likeness (QED) is 0.0588. The molecule has 0 rings (SSSR count). The maximum absolute atomic E-state index is 11.9. The van der Waals surface area contributed by atoms with Crippen LogP contribution in [0.3, 0.4) is 0 Å². The number of hydrogen-bond acceptors (Lipinski definition) is 9. The number of nitrogens with two attached hydrogens (primary N) is 1. The molecule has 0 fully saturated rings. The van der Waals surface area contributed by atoms with Gasteiger partial charge in [0.05, 0.1) is 14.4 Å². The molecule has 0 aliphatic rings. The zero-order valence-electron chi connectivity index (χ0n) is 22.1. The summed E-state index contributed by atoms with van der Waals surface area (Å²) in [6.07, 6.45) is 4.65. The van der Waals surface area contributed by atoms with Crippen LogP contribution in [-0.4, -0.2) is 37.2 Å². The van der Waals surface area contributed by atoms with E-state index in [-0.39, 0.29) is 81.4 Å². The number of unbranched alkanes of at least 4 members (excludes halogenated alkanes) is 5. The van der Waals surface area contributed by atoms with E-state index in [0.29, 0.717) is 6.42 Å². The SMILES string of the molecule is CC#CC#CC#CC#CC(=O)OC[C@H](COP(=O)([O-])[O-])OC(=O)CCCCCCCC.CC(N)=O.[HH].[HH].[HH].[HH].[HH].[HH].[HH].[Na+].[Na+]. The Morgan fingerprint density at radius 1 is 0.919 bits per heavy atom. The summed E-state index contributed by atoms with van der Waals surface area (Å²) in [5.74, 6) is 16.8. The summed E-state index contributed by atoms with van der Waals surface area (Å²) in [7, 11) is -5.28. The van der Waals surface area contributed by atoms with Gasteiger partial charge in [0, 0.05) is 29.3 Å². The number of phosphoric ester groups is 1. The van der Waals surface area contributed by atoms with Gasteiger partial charge in [0.2, 0.25) is 5.91 Å². The largest absolute Gasteiger partial charge is 1.00 e. The number of carbonyl (C=O) groups is 3. The second kappa shape index (κ2) is 29.3. The number of phosphoric acid groups is 1. The van der Waals surface area contributed by atoms with E-state index in [2.05, 4.69) is 64.5 Å². The Morgan fingerprint density at radius 3 is 1.97 bits per heavy atom. The van der Waals surface area contributed by atoms with Crippen LogP contribution in [0.5, 0.6) is 0 Å². The van der Waals surface area contributed by atoms with Crippen LogP contribution in [0.25, 0.3) is 0 Å². The summed E-state index contributed by atoms with van der Waals surface area (Å²) >= 11 is 0. The number of esters is 2. The summed E-state index contributed by atoms with van der Waals surface area (Å²) in [4.78, 5) is 54.1. The zero-order chi connectivity index (χ0) is 27.0. The first-order valence-corrected chi connectivity index (χ1v) is 12.2. The van der Waals surface area contributed by atoms with E-state index >= 15 is 0 Å². The van der Waals surface area contributed by atoms with E-state index in [0.717, 1.165) is 32.1 Å². The van der Waals surface area contributed by atoms with Gasteiger partial charge in [-0.05, 0) is 48.9 Å². The van der Waals surface area contributed by atoms with Crippen LogP contribution in [-0.2, 0) is 32.9 Å². The van der Waals surface area contributed by atoms with Gasteiger partial charge in [0.15, 0.2) is 6.10 Å². The summed E-state index contributed by atoms with van der Waals surface area (Å²) in [5.41, 5.74) is 4.47. The fourth-order valence-electron chi connectivity index (χ4n) is 2.06. The molecule has 0 aromatic heterocycles. The van der Waals surface area contributed by atoms with E-state index in [1.165, 1.54) is 6.92 Å². The van der Waals surface area contributed by atoms with Gasteiger partial charge < -0.3 is 34.1 Å². The number of rotatable bonds is 13. The third-order valence-electron chi connectivity index (χ3n) is 3.45. The Balaban J connectivity index is -0.0000000874. The maximum atomic E-state index is 11.9. The van der Waals surface area contributed by atoms with Crippen LogP contribution >= 0.6 is 7.82 Å². The van der Waals surface area contributed by atoms with E-state index in [4.69, 9.17) is 9.47 Å². The van der Waals surface area contributed by atoms with Gasteiger partial charge in [0.1, 0.15) is 6.61 Å². The van der Waals surface area contributed by atoms with E-state index in [1.807, 2.05) is 0 Å². The molecule has 10 nitrogen and oxygen atoms in total. The summed E-state index contributed by atoms with van der Waals surface area (Å²) in [5, 5.41) is 0. The Hall–Kier alpha value is -1.24. The number of amides is 1. The molecular formula is C24H44NNa2O9P. The predicted octanol–water partition coefficient (Wildman–Crippen LogP) is -3.71. The van der Waals surface area contributed by atoms with Gasteiger partial charge in [-0.3, -0.25) is 9.59 Å². The number of hydrogen-bond donors (Lipinski definition) is 1. The second-order valence-electron chi connectivity index (χ2n) is 6.71. The molecule has 13 heteroatoms. The van der Waals surface area contributed by atoms with Crippen molar-refractivity contribution in [1.82, 2.24) is 0 Å². The second-order valence-corrected chi connectivity index (χ2v) is 7.86.